The number of rotatable bonds is 0. The summed E-state index contributed by atoms with van der Waals surface area (Å²) in [6.45, 7) is 0. The fourth-order valence-electron chi connectivity index (χ4n) is 1.16. The summed E-state index contributed by atoms with van der Waals surface area (Å²) >= 11 is 0. The van der Waals surface area contributed by atoms with E-state index in [4.69, 9.17) is 1.37 Å². The van der Waals surface area contributed by atoms with Crippen molar-refractivity contribution in [2.45, 2.75) is 12.8 Å². The minimum absolute atomic E-state index is 0.713. The van der Waals surface area contributed by atoms with E-state index in [9.17, 15) is 0 Å². The molecule has 0 N–H and O–H groups in total. The van der Waals surface area contributed by atoms with E-state index in [0.717, 1.165) is 24.1 Å². The van der Waals surface area contributed by atoms with Gasteiger partial charge in [-0.25, -0.2) is 0 Å². The molecule has 0 aromatic carbocycles. The molecule has 1 heterocycles. The largest absolute Gasteiger partial charge is 0.261 e. The smallest absolute Gasteiger partial charge is 0.0576 e. The number of hydrogen-bond donors (Lipinski definition) is 0. The van der Waals surface area contributed by atoms with E-state index in [1.165, 1.54) is 0 Å². The van der Waals surface area contributed by atoms with Crippen molar-refractivity contribution in [2.75, 3.05) is 0 Å². The number of allylic oxidation sites excluding steroid dienone is 1. The van der Waals surface area contributed by atoms with Crippen molar-refractivity contribution < 1.29 is 1.37 Å². The first-order valence-electron chi connectivity index (χ1n) is 3.97. The minimum Gasteiger partial charge on any atom is -0.261 e. The molecular weight excluding hydrogens is 122 g/mol. The Labute approximate surface area is 61.8 Å². The van der Waals surface area contributed by atoms with Gasteiger partial charge in [-0.1, -0.05) is 18.2 Å². The van der Waals surface area contributed by atoms with Crippen LogP contribution in [0.4, 0.5) is 0 Å². The van der Waals surface area contributed by atoms with Crippen LogP contribution in [-0.2, 0) is 6.42 Å². The zero-order valence-corrected chi connectivity index (χ0v) is 5.67. The Morgan fingerprint density at radius 2 is 2.60 bits per heavy atom. The molecular formula is C9H9N. The lowest BCUT2D eigenvalue weighted by Gasteiger charge is -2.06. The number of aryl methyl sites for hydroxylation is 1. The zero-order valence-electron chi connectivity index (χ0n) is 6.67. The van der Waals surface area contributed by atoms with Gasteiger partial charge >= 0.3 is 0 Å². The van der Waals surface area contributed by atoms with Gasteiger partial charge in [0.1, 0.15) is 0 Å². The van der Waals surface area contributed by atoms with E-state index in [1.54, 1.807) is 0 Å². The van der Waals surface area contributed by atoms with Gasteiger partial charge in [0.15, 0.2) is 0 Å². The Morgan fingerprint density at radius 1 is 1.60 bits per heavy atom. The maximum atomic E-state index is 7.44. The molecule has 1 nitrogen and oxygen atoms in total. The molecule has 0 saturated carbocycles. The molecule has 0 spiro atoms. The van der Waals surface area contributed by atoms with Gasteiger partial charge in [-0.15, -0.1) is 0 Å². The normalized spacial score (nSPS) is 17.2. The van der Waals surface area contributed by atoms with Gasteiger partial charge in [-0.2, -0.15) is 0 Å². The van der Waals surface area contributed by atoms with Crippen molar-refractivity contribution in [2.24, 2.45) is 0 Å². The average molecular weight is 132 g/mol. The molecule has 1 aliphatic rings. The van der Waals surface area contributed by atoms with Gasteiger partial charge in [0.2, 0.25) is 0 Å². The van der Waals surface area contributed by atoms with Crippen molar-refractivity contribution >= 4 is 6.08 Å². The molecule has 10 heavy (non-hydrogen) atoms. The Bertz CT molecular complexity index is 304. The predicted octanol–water partition coefficient (Wildman–Crippen LogP) is 2.04. The molecule has 0 radical (unpaired) electrons. The third-order valence-electron chi connectivity index (χ3n) is 1.69. The Balaban J connectivity index is 2.51. The lowest BCUT2D eigenvalue weighted by Crippen LogP contribution is -1.95. The SMILES string of the molecule is [2H]C1=Cc2cccnc2CC1. The topological polar surface area (TPSA) is 12.9 Å². The number of hydrogen-bond acceptors (Lipinski definition) is 1. The molecule has 50 valence electrons. The van der Waals surface area contributed by atoms with Crippen LogP contribution in [-0.4, -0.2) is 4.98 Å². The molecule has 0 atom stereocenters. The van der Waals surface area contributed by atoms with Gasteiger partial charge in [0.25, 0.3) is 0 Å². The van der Waals surface area contributed by atoms with Crippen LogP contribution in [0.5, 0.6) is 0 Å². The van der Waals surface area contributed by atoms with E-state index in [0.29, 0.717) is 6.05 Å². The van der Waals surface area contributed by atoms with Crippen LogP contribution in [0, 0.1) is 0 Å². The highest BCUT2D eigenvalue weighted by molar-refractivity contribution is 5.53. The number of nitrogens with zero attached hydrogens (tertiary/aromatic N) is 1. The van der Waals surface area contributed by atoms with Gasteiger partial charge in [0.05, 0.1) is 1.37 Å². The van der Waals surface area contributed by atoms with Crippen molar-refractivity contribution in [3.8, 4) is 0 Å². The van der Waals surface area contributed by atoms with E-state index >= 15 is 0 Å². The monoisotopic (exact) mass is 132 g/mol. The summed E-state index contributed by atoms with van der Waals surface area (Å²) in [5.74, 6) is 0. The third-order valence-corrected chi connectivity index (χ3v) is 1.69. The third kappa shape index (κ3) is 0.838. The fraction of sp³-hybridized carbons (Fsp3) is 0.222. The fourth-order valence-corrected chi connectivity index (χ4v) is 1.16. The zero-order chi connectivity index (χ0) is 7.68. The van der Waals surface area contributed by atoms with Gasteiger partial charge < -0.3 is 0 Å². The predicted molar refractivity (Wildman–Crippen MR) is 41.6 cm³/mol. The van der Waals surface area contributed by atoms with Crippen molar-refractivity contribution in [3.05, 3.63) is 35.6 Å². The summed E-state index contributed by atoms with van der Waals surface area (Å²) < 4.78 is 7.44. The lowest BCUT2D eigenvalue weighted by molar-refractivity contribution is 0.927. The summed E-state index contributed by atoms with van der Waals surface area (Å²) in [4.78, 5) is 4.23. The number of fused-ring (bicyclic) bond motifs is 1. The molecule has 1 aliphatic carbocycles. The molecule has 1 heteroatoms. The first kappa shape index (κ1) is 4.67. The molecule has 0 fully saturated rings. The quantitative estimate of drug-likeness (QED) is 0.526. The Morgan fingerprint density at radius 3 is 3.60 bits per heavy atom. The molecule has 0 unspecified atom stereocenters. The first-order chi connectivity index (χ1) is 5.36. The highest BCUT2D eigenvalue weighted by atomic mass is 14.7. The van der Waals surface area contributed by atoms with Crippen molar-refractivity contribution in [3.63, 3.8) is 0 Å². The maximum absolute atomic E-state index is 7.44. The standard InChI is InChI=1S/C9H9N/c1-2-6-9-8(4-1)5-3-7-10-9/h1,3-5,7H,2,6H2/i1D. The van der Waals surface area contributed by atoms with Crippen LogP contribution in [0.2, 0.25) is 0 Å². The highest BCUT2D eigenvalue weighted by Crippen LogP contribution is 2.15. The summed E-state index contributed by atoms with van der Waals surface area (Å²) in [7, 11) is 0. The molecule has 2 rings (SSSR count). The second-order valence-electron chi connectivity index (χ2n) is 2.39. The Hall–Kier alpha value is -1.11. The summed E-state index contributed by atoms with van der Waals surface area (Å²) in [5, 5.41) is 0. The first-order valence-corrected chi connectivity index (χ1v) is 3.47. The second kappa shape index (κ2) is 2.25. The van der Waals surface area contributed by atoms with Gasteiger partial charge in [-0.05, 0) is 24.5 Å². The highest BCUT2D eigenvalue weighted by Gasteiger charge is 2.02. The minimum atomic E-state index is 0.713. The molecule has 0 amide bonds. The summed E-state index contributed by atoms with van der Waals surface area (Å²) in [6.07, 6.45) is 5.46. The molecule has 1 aromatic heterocycles. The Kier molecular flexibility index (Phi) is 1.05. The van der Waals surface area contributed by atoms with E-state index in [1.807, 2.05) is 24.4 Å². The van der Waals surface area contributed by atoms with Gasteiger partial charge in [0, 0.05) is 11.9 Å². The number of aromatic nitrogens is 1. The van der Waals surface area contributed by atoms with Crippen LogP contribution >= 0.6 is 0 Å². The summed E-state index contributed by atoms with van der Waals surface area (Å²) in [5.41, 5.74) is 2.24. The molecule has 1 aromatic rings. The van der Waals surface area contributed by atoms with Crippen LogP contribution in [0.1, 0.15) is 19.0 Å². The van der Waals surface area contributed by atoms with Crippen LogP contribution in [0.25, 0.3) is 6.08 Å². The second-order valence-corrected chi connectivity index (χ2v) is 2.39. The van der Waals surface area contributed by atoms with Crippen molar-refractivity contribution in [1.82, 2.24) is 4.98 Å². The van der Waals surface area contributed by atoms with Crippen LogP contribution < -0.4 is 0 Å². The molecule has 0 saturated heterocycles. The van der Waals surface area contributed by atoms with Crippen LogP contribution in [0.3, 0.4) is 0 Å². The van der Waals surface area contributed by atoms with E-state index in [2.05, 4.69) is 4.98 Å². The molecule has 0 bridgehead atoms. The maximum Gasteiger partial charge on any atom is 0.0576 e. The van der Waals surface area contributed by atoms with E-state index < -0.39 is 0 Å². The van der Waals surface area contributed by atoms with E-state index in [-0.39, 0.29) is 0 Å². The summed E-state index contributed by atoms with van der Waals surface area (Å²) in [6, 6.07) is 4.63. The lowest BCUT2D eigenvalue weighted by atomic mass is 10.0. The average Bonchev–Trinajstić information content (AvgIpc) is 2.04. The number of pyridine rings is 1. The van der Waals surface area contributed by atoms with Crippen molar-refractivity contribution in [1.29, 1.82) is 0 Å². The van der Waals surface area contributed by atoms with Crippen LogP contribution in [0.15, 0.2) is 24.4 Å². The molecule has 0 aliphatic heterocycles. The van der Waals surface area contributed by atoms with Gasteiger partial charge in [-0.3, -0.25) is 4.98 Å².